The summed E-state index contributed by atoms with van der Waals surface area (Å²) in [6, 6.07) is 0. The lowest BCUT2D eigenvalue weighted by Crippen LogP contribution is -2.23. The third kappa shape index (κ3) is 0.833. The van der Waals surface area contributed by atoms with Crippen LogP contribution in [0.3, 0.4) is 0 Å². The van der Waals surface area contributed by atoms with Gasteiger partial charge in [-0.05, 0) is 12.8 Å². The third-order valence-electron chi connectivity index (χ3n) is 2.32. The van der Waals surface area contributed by atoms with Gasteiger partial charge in [0.05, 0.1) is 18.5 Å². The second-order valence-corrected chi connectivity index (χ2v) is 2.95. The first-order valence-corrected chi connectivity index (χ1v) is 3.82. The van der Waals surface area contributed by atoms with Crippen LogP contribution in [0, 0.1) is 0 Å². The summed E-state index contributed by atoms with van der Waals surface area (Å²) in [5, 5.41) is 0. The monoisotopic (exact) mass is 140 g/mol. The Kier molecular flexibility index (Phi) is 1.42. The fraction of sp³-hybridized carbons (Fsp3) is 0.750. The molecule has 3 unspecified atom stereocenters. The Labute approximate surface area is 60.8 Å². The van der Waals surface area contributed by atoms with E-state index in [2.05, 4.69) is 6.58 Å². The van der Waals surface area contributed by atoms with Crippen LogP contribution in [-0.2, 0) is 9.47 Å². The SMILES string of the molecule is C=COC1CC2CCC1O2. The summed E-state index contributed by atoms with van der Waals surface area (Å²) in [4.78, 5) is 0. The first kappa shape index (κ1) is 6.23. The Bertz CT molecular complexity index is 144. The highest BCUT2D eigenvalue weighted by Gasteiger charge is 2.41. The van der Waals surface area contributed by atoms with E-state index < -0.39 is 0 Å². The minimum Gasteiger partial charge on any atom is -0.496 e. The van der Waals surface area contributed by atoms with Gasteiger partial charge in [-0.3, -0.25) is 0 Å². The molecule has 0 radical (unpaired) electrons. The summed E-state index contributed by atoms with van der Waals surface area (Å²) in [6.07, 6.45) is 6.13. The molecule has 2 nitrogen and oxygen atoms in total. The lowest BCUT2D eigenvalue weighted by molar-refractivity contribution is 0.0451. The van der Waals surface area contributed by atoms with Gasteiger partial charge in [0.1, 0.15) is 6.10 Å². The summed E-state index contributed by atoms with van der Waals surface area (Å²) in [5.74, 6) is 0. The lowest BCUT2D eigenvalue weighted by Gasteiger charge is -2.17. The van der Waals surface area contributed by atoms with Gasteiger partial charge in [0.25, 0.3) is 0 Å². The van der Waals surface area contributed by atoms with E-state index in [0.29, 0.717) is 18.3 Å². The van der Waals surface area contributed by atoms with Crippen molar-refractivity contribution in [3.8, 4) is 0 Å². The van der Waals surface area contributed by atoms with Crippen LogP contribution in [0.25, 0.3) is 0 Å². The van der Waals surface area contributed by atoms with Crippen molar-refractivity contribution in [3.05, 3.63) is 12.8 Å². The van der Waals surface area contributed by atoms with Crippen molar-refractivity contribution in [1.29, 1.82) is 0 Å². The number of ether oxygens (including phenoxy) is 2. The maximum absolute atomic E-state index is 5.56. The van der Waals surface area contributed by atoms with Gasteiger partial charge in [0, 0.05) is 6.42 Å². The normalized spacial score (nSPS) is 43.8. The molecule has 2 bridgehead atoms. The van der Waals surface area contributed by atoms with E-state index >= 15 is 0 Å². The second-order valence-electron chi connectivity index (χ2n) is 2.95. The van der Waals surface area contributed by atoms with Gasteiger partial charge in [-0.2, -0.15) is 0 Å². The maximum Gasteiger partial charge on any atom is 0.126 e. The molecule has 0 aromatic rings. The van der Waals surface area contributed by atoms with E-state index in [9.17, 15) is 0 Å². The van der Waals surface area contributed by atoms with E-state index in [0.717, 1.165) is 6.42 Å². The van der Waals surface area contributed by atoms with Crippen LogP contribution < -0.4 is 0 Å². The Hall–Kier alpha value is -0.500. The number of hydrogen-bond donors (Lipinski definition) is 0. The third-order valence-corrected chi connectivity index (χ3v) is 2.32. The molecule has 2 heteroatoms. The molecule has 2 fully saturated rings. The molecule has 3 atom stereocenters. The van der Waals surface area contributed by atoms with Crippen molar-refractivity contribution >= 4 is 0 Å². The summed E-state index contributed by atoms with van der Waals surface area (Å²) in [7, 11) is 0. The molecular weight excluding hydrogens is 128 g/mol. The Morgan fingerprint density at radius 2 is 2.40 bits per heavy atom. The molecule has 2 saturated heterocycles. The van der Waals surface area contributed by atoms with Gasteiger partial charge in [0.15, 0.2) is 0 Å². The predicted molar refractivity (Wildman–Crippen MR) is 37.6 cm³/mol. The van der Waals surface area contributed by atoms with Gasteiger partial charge in [0.2, 0.25) is 0 Å². The van der Waals surface area contributed by atoms with E-state index in [1.54, 1.807) is 0 Å². The summed E-state index contributed by atoms with van der Waals surface area (Å²) >= 11 is 0. The minimum absolute atomic E-state index is 0.302. The Morgan fingerprint density at radius 1 is 1.50 bits per heavy atom. The highest BCUT2D eigenvalue weighted by atomic mass is 16.6. The molecule has 2 rings (SSSR count). The number of hydrogen-bond acceptors (Lipinski definition) is 2. The minimum atomic E-state index is 0.302. The summed E-state index contributed by atoms with van der Waals surface area (Å²) < 4.78 is 10.8. The van der Waals surface area contributed by atoms with Crippen molar-refractivity contribution in [3.63, 3.8) is 0 Å². The standard InChI is InChI=1S/C8H12O2/c1-2-9-8-5-6-3-4-7(8)10-6/h2,6-8H,1,3-5H2. The highest BCUT2D eigenvalue weighted by molar-refractivity contribution is 4.91. The van der Waals surface area contributed by atoms with E-state index in [4.69, 9.17) is 9.47 Å². The van der Waals surface area contributed by atoms with E-state index in [1.807, 2.05) is 0 Å². The fourth-order valence-electron chi connectivity index (χ4n) is 1.86. The van der Waals surface area contributed by atoms with Crippen LogP contribution in [0.4, 0.5) is 0 Å². The number of fused-ring (bicyclic) bond motifs is 2. The highest BCUT2D eigenvalue weighted by Crippen LogP contribution is 2.35. The van der Waals surface area contributed by atoms with Crippen molar-refractivity contribution in [1.82, 2.24) is 0 Å². The molecule has 0 amide bonds. The quantitative estimate of drug-likeness (QED) is 0.541. The van der Waals surface area contributed by atoms with Crippen LogP contribution in [0.1, 0.15) is 19.3 Å². The first-order valence-electron chi connectivity index (χ1n) is 3.82. The summed E-state index contributed by atoms with van der Waals surface area (Å²) in [6.45, 7) is 3.53. The zero-order valence-electron chi connectivity index (χ0n) is 5.95. The largest absolute Gasteiger partial charge is 0.496 e. The molecule has 0 aromatic heterocycles. The molecule has 10 heavy (non-hydrogen) atoms. The van der Waals surface area contributed by atoms with Crippen molar-refractivity contribution < 1.29 is 9.47 Å². The van der Waals surface area contributed by atoms with Gasteiger partial charge < -0.3 is 9.47 Å². The molecular formula is C8H12O2. The zero-order valence-corrected chi connectivity index (χ0v) is 5.95. The molecule has 0 spiro atoms. The lowest BCUT2D eigenvalue weighted by atomic mass is 9.98. The van der Waals surface area contributed by atoms with Crippen LogP contribution >= 0.6 is 0 Å². The van der Waals surface area contributed by atoms with Crippen LogP contribution in [0.5, 0.6) is 0 Å². The molecule has 2 aliphatic rings. The first-order chi connectivity index (χ1) is 4.90. The maximum atomic E-state index is 5.56. The molecule has 2 heterocycles. The van der Waals surface area contributed by atoms with Crippen molar-refractivity contribution in [2.75, 3.05) is 0 Å². The predicted octanol–water partition coefficient (Wildman–Crippen LogP) is 1.47. The molecule has 2 aliphatic heterocycles. The van der Waals surface area contributed by atoms with E-state index in [1.165, 1.54) is 19.1 Å². The molecule has 0 N–H and O–H groups in total. The van der Waals surface area contributed by atoms with Crippen molar-refractivity contribution in [2.45, 2.75) is 37.6 Å². The Morgan fingerprint density at radius 3 is 2.90 bits per heavy atom. The van der Waals surface area contributed by atoms with Crippen LogP contribution in [-0.4, -0.2) is 18.3 Å². The van der Waals surface area contributed by atoms with Crippen LogP contribution in [0.15, 0.2) is 12.8 Å². The topological polar surface area (TPSA) is 18.5 Å². The van der Waals surface area contributed by atoms with Crippen molar-refractivity contribution in [2.24, 2.45) is 0 Å². The fourth-order valence-corrected chi connectivity index (χ4v) is 1.86. The molecule has 0 aliphatic carbocycles. The Balaban J connectivity index is 1.95. The number of rotatable bonds is 2. The van der Waals surface area contributed by atoms with E-state index in [-0.39, 0.29) is 0 Å². The second kappa shape index (κ2) is 2.27. The van der Waals surface area contributed by atoms with Gasteiger partial charge in [-0.15, -0.1) is 0 Å². The molecule has 0 saturated carbocycles. The average molecular weight is 140 g/mol. The van der Waals surface area contributed by atoms with Gasteiger partial charge in [-0.25, -0.2) is 0 Å². The van der Waals surface area contributed by atoms with Gasteiger partial charge in [-0.1, -0.05) is 6.58 Å². The van der Waals surface area contributed by atoms with Crippen LogP contribution in [0.2, 0.25) is 0 Å². The zero-order chi connectivity index (χ0) is 6.97. The summed E-state index contributed by atoms with van der Waals surface area (Å²) in [5.41, 5.74) is 0. The smallest absolute Gasteiger partial charge is 0.126 e. The molecule has 0 aromatic carbocycles. The van der Waals surface area contributed by atoms with Gasteiger partial charge >= 0.3 is 0 Å². The average Bonchev–Trinajstić information content (AvgIpc) is 2.48. The molecule has 56 valence electrons.